The van der Waals surface area contributed by atoms with E-state index in [1.54, 1.807) is 0 Å². The van der Waals surface area contributed by atoms with E-state index in [2.05, 4.69) is 21.4 Å². The molecule has 1 atom stereocenters. The van der Waals surface area contributed by atoms with Gasteiger partial charge in [-0.15, -0.1) is 11.6 Å². The SMILES string of the molecule is CCN1CCC(Cn2c(CCl)nc3cccc(Cl)c32)C1. The van der Waals surface area contributed by atoms with Crippen LogP contribution in [0.15, 0.2) is 18.2 Å². The van der Waals surface area contributed by atoms with Crippen LogP contribution in [0.25, 0.3) is 11.0 Å². The molecule has 1 aromatic heterocycles. The Morgan fingerprint density at radius 2 is 2.25 bits per heavy atom. The van der Waals surface area contributed by atoms with Gasteiger partial charge in [-0.2, -0.15) is 0 Å². The van der Waals surface area contributed by atoms with Crippen molar-refractivity contribution < 1.29 is 0 Å². The first-order valence-corrected chi connectivity index (χ1v) is 8.06. The van der Waals surface area contributed by atoms with Crippen molar-refractivity contribution in [3.63, 3.8) is 0 Å². The lowest BCUT2D eigenvalue weighted by molar-refractivity contribution is 0.333. The molecule has 1 aliphatic heterocycles. The summed E-state index contributed by atoms with van der Waals surface area (Å²) < 4.78 is 2.22. The van der Waals surface area contributed by atoms with Gasteiger partial charge in [-0.1, -0.05) is 24.6 Å². The third-order valence-electron chi connectivity index (χ3n) is 4.17. The molecule has 1 saturated heterocycles. The molecule has 0 aliphatic carbocycles. The fraction of sp³-hybridized carbons (Fsp3) is 0.533. The van der Waals surface area contributed by atoms with Crippen LogP contribution in [-0.2, 0) is 12.4 Å². The molecule has 1 unspecified atom stereocenters. The zero-order valence-electron chi connectivity index (χ0n) is 11.6. The molecule has 5 heteroatoms. The number of halogens is 2. The van der Waals surface area contributed by atoms with Crippen molar-refractivity contribution in [1.29, 1.82) is 0 Å². The Balaban J connectivity index is 1.94. The number of hydrogen-bond donors (Lipinski definition) is 0. The van der Waals surface area contributed by atoms with Crippen LogP contribution in [0.3, 0.4) is 0 Å². The Morgan fingerprint density at radius 1 is 1.40 bits per heavy atom. The molecule has 20 heavy (non-hydrogen) atoms. The summed E-state index contributed by atoms with van der Waals surface area (Å²) in [6.07, 6.45) is 1.24. The number of imidazole rings is 1. The Bertz CT molecular complexity index is 608. The minimum absolute atomic E-state index is 0.426. The molecule has 3 rings (SSSR count). The Kier molecular flexibility index (Phi) is 4.20. The highest BCUT2D eigenvalue weighted by Gasteiger charge is 2.23. The number of hydrogen-bond acceptors (Lipinski definition) is 2. The maximum absolute atomic E-state index is 6.36. The minimum atomic E-state index is 0.426. The molecule has 0 amide bonds. The number of likely N-dealkylation sites (tertiary alicyclic amines) is 1. The van der Waals surface area contributed by atoms with Crippen molar-refractivity contribution in [2.24, 2.45) is 5.92 Å². The number of fused-ring (bicyclic) bond motifs is 1. The monoisotopic (exact) mass is 311 g/mol. The molecular formula is C15H19Cl2N3. The van der Waals surface area contributed by atoms with Crippen LogP contribution in [0.2, 0.25) is 5.02 Å². The van der Waals surface area contributed by atoms with Gasteiger partial charge in [0, 0.05) is 13.1 Å². The second-order valence-electron chi connectivity index (χ2n) is 5.43. The van der Waals surface area contributed by atoms with Crippen molar-refractivity contribution in [1.82, 2.24) is 14.5 Å². The third-order valence-corrected chi connectivity index (χ3v) is 4.72. The van der Waals surface area contributed by atoms with E-state index in [1.807, 2.05) is 18.2 Å². The Morgan fingerprint density at radius 3 is 2.95 bits per heavy atom. The van der Waals surface area contributed by atoms with Crippen molar-refractivity contribution in [2.75, 3.05) is 19.6 Å². The fourth-order valence-electron chi connectivity index (χ4n) is 3.10. The van der Waals surface area contributed by atoms with E-state index in [4.69, 9.17) is 23.2 Å². The number of aromatic nitrogens is 2. The Hall–Kier alpha value is -0.770. The first kappa shape index (κ1) is 14.2. The highest BCUT2D eigenvalue weighted by Crippen LogP contribution is 2.28. The van der Waals surface area contributed by atoms with Crippen LogP contribution < -0.4 is 0 Å². The molecule has 0 radical (unpaired) electrons. The molecule has 1 fully saturated rings. The van der Waals surface area contributed by atoms with E-state index in [-0.39, 0.29) is 0 Å². The first-order valence-electron chi connectivity index (χ1n) is 7.15. The molecular weight excluding hydrogens is 293 g/mol. The molecule has 0 N–H and O–H groups in total. The molecule has 3 nitrogen and oxygen atoms in total. The van der Waals surface area contributed by atoms with Crippen molar-refractivity contribution in [3.05, 3.63) is 29.0 Å². The van der Waals surface area contributed by atoms with E-state index >= 15 is 0 Å². The van der Waals surface area contributed by atoms with E-state index in [9.17, 15) is 0 Å². The lowest BCUT2D eigenvalue weighted by Crippen LogP contribution is -2.21. The topological polar surface area (TPSA) is 21.1 Å². The second-order valence-corrected chi connectivity index (χ2v) is 6.10. The predicted molar refractivity (Wildman–Crippen MR) is 84.5 cm³/mol. The van der Waals surface area contributed by atoms with Crippen LogP contribution in [0.1, 0.15) is 19.2 Å². The maximum atomic E-state index is 6.36. The normalized spacial score (nSPS) is 20.1. The number of benzene rings is 1. The van der Waals surface area contributed by atoms with Crippen LogP contribution in [0.5, 0.6) is 0 Å². The number of alkyl halides is 1. The van der Waals surface area contributed by atoms with E-state index in [1.165, 1.54) is 13.0 Å². The molecule has 1 aromatic carbocycles. The van der Waals surface area contributed by atoms with Gasteiger partial charge in [0.2, 0.25) is 0 Å². The van der Waals surface area contributed by atoms with Crippen molar-refractivity contribution >= 4 is 34.2 Å². The minimum Gasteiger partial charge on any atom is -0.325 e. The third kappa shape index (κ3) is 2.54. The van der Waals surface area contributed by atoms with Gasteiger partial charge < -0.3 is 9.47 Å². The van der Waals surface area contributed by atoms with Gasteiger partial charge in [-0.3, -0.25) is 0 Å². The van der Waals surface area contributed by atoms with E-state index < -0.39 is 0 Å². The molecule has 2 aromatic rings. The molecule has 1 aliphatic rings. The molecule has 0 saturated carbocycles. The standard InChI is InChI=1S/C15H19Cl2N3/c1-2-19-7-6-11(9-19)10-20-14(8-16)18-13-5-3-4-12(17)15(13)20/h3-5,11H,2,6-10H2,1H3. The van der Waals surface area contributed by atoms with Crippen LogP contribution in [0, 0.1) is 5.92 Å². The molecule has 108 valence electrons. The number of para-hydroxylation sites is 1. The van der Waals surface area contributed by atoms with Crippen LogP contribution in [0.4, 0.5) is 0 Å². The summed E-state index contributed by atoms with van der Waals surface area (Å²) in [7, 11) is 0. The summed E-state index contributed by atoms with van der Waals surface area (Å²) in [6, 6.07) is 5.86. The zero-order chi connectivity index (χ0) is 14.1. The second kappa shape index (κ2) is 5.92. The van der Waals surface area contributed by atoms with Crippen molar-refractivity contribution in [3.8, 4) is 0 Å². The summed E-state index contributed by atoms with van der Waals surface area (Å²) in [4.78, 5) is 7.10. The summed E-state index contributed by atoms with van der Waals surface area (Å²) >= 11 is 12.4. The van der Waals surface area contributed by atoms with E-state index in [0.29, 0.717) is 11.8 Å². The van der Waals surface area contributed by atoms with Gasteiger partial charge in [0.1, 0.15) is 5.82 Å². The van der Waals surface area contributed by atoms with Gasteiger partial charge in [-0.25, -0.2) is 4.98 Å². The first-order chi connectivity index (χ1) is 9.72. The molecule has 2 heterocycles. The predicted octanol–water partition coefficient (Wildman–Crippen LogP) is 3.77. The van der Waals surface area contributed by atoms with E-state index in [0.717, 1.165) is 41.5 Å². The van der Waals surface area contributed by atoms with Gasteiger partial charge in [0.25, 0.3) is 0 Å². The number of nitrogens with zero attached hydrogens (tertiary/aromatic N) is 3. The van der Waals surface area contributed by atoms with Gasteiger partial charge in [0.05, 0.1) is 21.9 Å². The quantitative estimate of drug-likeness (QED) is 0.801. The van der Waals surface area contributed by atoms with Crippen molar-refractivity contribution in [2.45, 2.75) is 25.8 Å². The smallest absolute Gasteiger partial charge is 0.124 e. The average molecular weight is 312 g/mol. The molecule has 0 spiro atoms. The lowest BCUT2D eigenvalue weighted by atomic mass is 10.1. The largest absolute Gasteiger partial charge is 0.325 e. The van der Waals surface area contributed by atoms with Gasteiger partial charge in [0.15, 0.2) is 0 Å². The van der Waals surface area contributed by atoms with Crippen LogP contribution >= 0.6 is 23.2 Å². The fourth-order valence-corrected chi connectivity index (χ4v) is 3.57. The average Bonchev–Trinajstić information content (AvgIpc) is 3.04. The maximum Gasteiger partial charge on any atom is 0.124 e. The van der Waals surface area contributed by atoms with Crippen LogP contribution in [-0.4, -0.2) is 34.1 Å². The summed E-state index contributed by atoms with van der Waals surface area (Å²) in [5, 5.41) is 0.761. The summed E-state index contributed by atoms with van der Waals surface area (Å²) in [5.74, 6) is 2.00. The summed E-state index contributed by atoms with van der Waals surface area (Å²) in [6.45, 7) is 6.65. The lowest BCUT2D eigenvalue weighted by Gasteiger charge is -2.15. The van der Waals surface area contributed by atoms with Gasteiger partial charge in [-0.05, 0) is 37.6 Å². The van der Waals surface area contributed by atoms with Gasteiger partial charge >= 0.3 is 0 Å². The summed E-state index contributed by atoms with van der Waals surface area (Å²) in [5.41, 5.74) is 1.97. The molecule has 0 bridgehead atoms. The highest BCUT2D eigenvalue weighted by molar-refractivity contribution is 6.35. The number of rotatable bonds is 4. The zero-order valence-corrected chi connectivity index (χ0v) is 13.2. The Labute approximate surface area is 129 Å². The highest BCUT2D eigenvalue weighted by atomic mass is 35.5.